The SMILES string of the molecule is C[C@@H]1OC(C)(C)O[C@H]1CCCI. The molecule has 1 aliphatic heterocycles. The van der Waals surface area contributed by atoms with E-state index in [0.29, 0.717) is 6.10 Å². The van der Waals surface area contributed by atoms with E-state index in [1.807, 2.05) is 13.8 Å². The first kappa shape index (κ1) is 10.7. The minimum atomic E-state index is -0.366. The first-order chi connectivity index (χ1) is 5.55. The van der Waals surface area contributed by atoms with Gasteiger partial charge in [-0.3, -0.25) is 0 Å². The van der Waals surface area contributed by atoms with Gasteiger partial charge in [0.2, 0.25) is 0 Å². The molecule has 1 rings (SSSR count). The standard InChI is InChI=1S/C9H17IO2/c1-7-8(5-4-6-10)12-9(2,3)11-7/h7-8H,4-6H2,1-3H3/t7-,8-/m0/s1. The predicted molar refractivity (Wildman–Crippen MR) is 57.6 cm³/mol. The molecule has 0 amide bonds. The highest BCUT2D eigenvalue weighted by Gasteiger charge is 2.37. The molecular formula is C9H17IO2. The van der Waals surface area contributed by atoms with Gasteiger partial charge in [-0.2, -0.15) is 0 Å². The van der Waals surface area contributed by atoms with Crippen molar-refractivity contribution >= 4 is 22.6 Å². The second-order valence-corrected chi connectivity index (χ2v) is 4.79. The van der Waals surface area contributed by atoms with Gasteiger partial charge >= 0.3 is 0 Å². The van der Waals surface area contributed by atoms with Crippen molar-refractivity contribution in [3.63, 3.8) is 0 Å². The molecule has 0 aromatic rings. The highest BCUT2D eigenvalue weighted by molar-refractivity contribution is 14.1. The summed E-state index contributed by atoms with van der Waals surface area (Å²) in [6, 6.07) is 0. The van der Waals surface area contributed by atoms with E-state index >= 15 is 0 Å². The van der Waals surface area contributed by atoms with Crippen LogP contribution < -0.4 is 0 Å². The lowest BCUT2D eigenvalue weighted by atomic mass is 10.1. The fourth-order valence-corrected chi connectivity index (χ4v) is 2.02. The Morgan fingerprint density at radius 3 is 2.42 bits per heavy atom. The molecule has 1 aliphatic rings. The Labute approximate surface area is 88.1 Å². The Balaban J connectivity index is 2.36. The Morgan fingerprint density at radius 1 is 1.33 bits per heavy atom. The number of alkyl halides is 1. The lowest BCUT2D eigenvalue weighted by Gasteiger charge is -2.16. The zero-order chi connectivity index (χ0) is 9.19. The molecule has 0 N–H and O–H groups in total. The number of halogens is 1. The molecule has 0 saturated carbocycles. The predicted octanol–water partition coefficient (Wildman–Crippen LogP) is 2.74. The van der Waals surface area contributed by atoms with Crippen LogP contribution in [0.15, 0.2) is 0 Å². The summed E-state index contributed by atoms with van der Waals surface area (Å²) in [5, 5.41) is 0. The Kier molecular flexibility index (Phi) is 3.79. The normalized spacial score (nSPS) is 34.0. The highest BCUT2D eigenvalue weighted by Crippen LogP contribution is 2.30. The average Bonchev–Trinajstić information content (AvgIpc) is 2.20. The maximum Gasteiger partial charge on any atom is 0.163 e. The molecule has 0 bridgehead atoms. The van der Waals surface area contributed by atoms with Gasteiger partial charge in [-0.05, 0) is 38.0 Å². The van der Waals surface area contributed by atoms with Crippen LogP contribution in [0.5, 0.6) is 0 Å². The molecule has 0 aromatic heterocycles. The van der Waals surface area contributed by atoms with E-state index in [4.69, 9.17) is 9.47 Å². The lowest BCUT2D eigenvalue weighted by Crippen LogP contribution is -2.21. The van der Waals surface area contributed by atoms with Crippen LogP contribution in [-0.2, 0) is 9.47 Å². The zero-order valence-electron chi connectivity index (χ0n) is 7.97. The van der Waals surface area contributed by atoms with Gasteiger partial charge in [-0.15, -0.1) is 0 Å². The van der Waals surface area contributed by atoms with Crippen LogP contribution in [0.1, 0.15) is 33.6 Å². The van der Waals surface area contributed by atoms with Gasteiger partial charge in [0.05, 0.1) is 12.2 Å². The molecule has 2 atom stereocenters. The first-order valence-electron chi connectivity index (χ1n) is 4.47. The molecule has 1 saturated heterocycles. The van der Waals surface area contributed by atoms with E-state index < -0.39 is 0 Å². The van der Waals surface area contributed by atoms with Crippen LogP contribution in [0.25, 0.3) is 0 Å². The summed E-state index contributed by atoms with van der Waals surface area (Å²) in [5.74, 6) is -0.366. The van der Waals surface area contributed by atoms with Gasteiger partial charge in [0.1, 0.15) is 0 Å². The minimum absolute atomic E-state index is 0.253. The third-order valence-corrected chi connectivity index (χ3v) is 2.81. The minimum Gasteiger partial charge on any atom is -0.345 e. The Morgan fingerprint density at radius 2 is 2.00 bits per heavy atom. The van der Waals surface area contributed by atoms with Gasteiger partial charge in [-0.25, -0.2) is 0 Å². The second-order valence-electron chi connectivity index (χ2n) is 3.71. The number of rotatable bonds is 3. The summed E-state index contributed by atoms with van der Waals surface area (Å²) in [5.41, 5.74) is 0. The van der Waals surface area contributed by atoms with Gasteiger partial charge in [0.15, 0.2) is 5.79 Å². The quantitative estimate of drug-likeness (QED) is 0.586. The maximum atomic E-state index is 5.74. The summed E-state index contributed by atoms with van der Waals surface area (Å²) in [6.45, 7) is 6.05. The highest BCUT2D eigenvalue weighted by atomic mass is 127. The Hall–Kier alpha value is 0.650. The van der Waals surface area contributed by atoms with Crippen LogP contribution in [0.2, 0.25) is 0 Å². The molecule has 0 radical (unpaired) electrons. The number of hydrogen-bond donors (Lipinski definition) is 0. The van der Waals surface area contributed by atoms with Crippen molar-refractivity contribution in [2.45, 2.75) is 51.6 Å². The van der Waals surface area contributed by atoms with Crippen molar-refractivity contribution in [2.24, 2.45) is 0 Å². The summed E-state index contributed by atoms with van der Waals surface area (Å²) in [7, 11) is 0. The summed E-state index contributed by atoms with van der Waals surface area (Å²) >= 11 is 2.39. The average molecular weight is 284 g/mol. The van der Waals surface area contributed by atoms with E-state index in [0.717, 1.165) is 6.42 Å². The molecule has 1 fully saturated rings. The van der Waals surface area contributed by atoms with Gasteiger partial charge in [0.25, 0.3) is 0 Å². The van der Waals surface area contributed by atoms with Crippen LogP contribution >= 0.6 is 22.6 Å². The molecule has 0 aliphatic carbocycles. The largest absolute Gasteiger partial charge is 0.345 e. The third-order valence-electron chi connectivity index (χ3n) is 2.05. The van der Waals surface area contributed by atoms with E-state index in [1.165, 1.54) is 10.8 Å². The van der Waals surface area contributed by atoms with Crippen molar-refractivity contribution < 1.29 is 9.47 Å². The van der Waals surface area contributed by atoms with E-state index in [1.54, 1.807) is 0 Å². The third kappa shape index (κ3) is 2.85. The molecular weight excluding hydrogens is 267 g/mol. The van der Waals surface area contributed by atoms with Crippen molar-refractivity contribution in [3.05, 3.63) is 0 Å². The zero-order valence-corrected chi connectivity index (χ0v) is 10.1. The van der Waals surface area contributed by atoms with E-state index in [9.17, 15) is 0 Å². The van der Waals surface area contributed by atoms with Crippen LogP contribution in [0.4, 0.5) is 0 Å². The second kappa shape index (κ2) is 4.24. The fraction of sp³-hybridized carbons (Fsp3) is 1.00. The number of ether oxygens (including phenoxy) is 2. The van der Waals surface area contributed by atoms with Crippen LogP contribution in [-0.4, -0.2) is 22.4 Å². The summed E-state index contributed by atoms with van der Waals surface area (Å²) in [6.07, 6.45) is 2.89. The first-order valence-corrected chi connectivity index (χ1v) is 5.99. The topological polar surface area (TPSA) is 18.5 Å². The Bertz CT molecular complexity index is 147. The van der Waals surface area contributed by atoms with Crippen molar-refractivity contribution in [1.82, 2.24) is 0 Å². The van der Waals surface area contributed by atoms with Gasteiger partial charge < -0.3 is 9.47 Å². The van der Waals surface area contributed by atoms with Crippen LogP contribution in [0.3, 0.4) is 0 Å². The monoisotopic (exact) mass is 284 g/mol. The molecule has 72 valence electrons. The summed E-state index contributed by atoms with van der Waals surface area (Å²) < 4.78 is 12.6. The van der Waals surface area contributed by atoms with Crippen LogP contribution in [0, 0.1) is 0 Å². The smallest absolute Gasteiger partial charge is 0.163 e. The van der Waals surface area contributed by atoms with E-state index in [-0.39, 0.29) is 11.9 Å². The lowest BCUT2D eigenvalue weighted by molar-refractivity contribution is -0.145. The maximum absolute atomic E-state index is 5.74. The molecule has 0 aromatic carbocycles. The molecule has 2 nitrogen and oxygen atoms in total. The number of hydrogen-bond acceptors (Lipinski definition) is 2. The molecule has 0 unspecified atom stereocenters. The molecule has 0 spiro atoms. The van der Waals surface area contributed by atoms with Crippen molar-refractivity contribution in [3.8, 4) is 0 Å². The van der Waals surface area contributed by atoms with E-state index in [2.05, 4.69) is 29.5 Å². The van der Waals surface area contributed by atoms with Gasteiger partial charge in [-0.1, -0.05) is 22.6 Å². The fourth-order valence-electron chi connectivity index (χ4n) is 1.58. The van der Waals surface area contributed by atoms with Crippen molar-refractivity contribution in [2.75, 3.05) is 4.43 Å². The molecule has 12 heavy (non-hydrogen) atoms. The summed E-state index contributed by atoms with van der Waals surface area (Å²) in [4.78, 5) is 0. The van der Waals surface area contributed by atoms with Gasteiger partial charge in [0, 0.05) is 0 Å². The molecule has 3 heteroatoms. The van der Waals surface area contributed by atoms with Crippen molar-refractivity contribution in [1.29, 1.82) is 0 Å². The molecule has 1 heterocycles.